The molecule has 1 saturated heterocycles. The summed E-state index contributed by atoms with van der Waals surface area (Å²) in [6.07, 6.45) is 2.55. The fraction of sp³-hybridized carbons (Fsp3) is 0.389. The molecule has 0 radical (unpaired) electrons. The molecule has 2 aromatic rings. The van der Waals surface area contributed by atoms with E-state index in [2.05, 4.69) is 10.3 Å². The maximum absolute atomic E-state index is 12.5. The molecule has 1 aromatic heterocycles. The summed E-state index contributed by atoms with van der Waals surface area (Å²) in [5.74, 6) is 1.03. The number of carbonyl (C=O) groups excluding carboxylic acids is 2. The van der Waals surface area contributed by atoms with Crippen LogP contribution in [0.3, 0.4) is 0 Å². The molecule has 1 fully saturated rings. The van der Waals surface area contributed by atoms with E-state index in [0.29, 0.717) is 22.3 Å². The van der Waals surface area contributed by atoms with Gasteiger partial charge in [0.05, 0.1) is 18.2 Å². The number of aromatic nitrogens is 1. The van der Waals surface area contributed by atoms with E-state index in [1.807, 2.05) is 23.6 Å². The normalized spacial score (nSPS) is 19.5. The average molecular weight is 408 g/mol. The summed E-state index contributed by atoms with van der Waals surface area (Å²) >= 11 is 9.34. The molecule has 1 aromatic carbocycles. The Morgan fingerprint density at radius 3 is 3.12 bits per heavy atom. The molecular weight excluding hydrogens is 390 g/mol. The number of anilines is 1. The van der Waals surface area contributed by atoms with Crippen molar-refractivity contribution in [2.24, 2.45) is 0 Å². The van der Waals surface area contributed by atoms with Gasteiger partial charge in [-0.05, 0) is 36.6 Å². The van der Waals surface area contributed by atoms with Gasteiger partial charge in [0.15, 0.2) is 5.13 Å². The van der Waals surface area contributed by atoms with E-state index in [0.717, 1.165) is 30.7 Å². The van der Waals surface area contributed by atoms with Crippen molar-refractivity contribution < 1.29 is 9.59 Å². The summed E-state index contributed by atoms with van der Waals surface area (Å²) in [5.41, 5.74) is 1.79. The van der Waals surface area contributed by atoms with Gasteiger partial charge >= 0.3 is 0 Å². The lowest BCUT2D eigenvalue weighted by atomic mass is 10.0. The molecule has 0 saturated carbocycles. The molecule has 2 aliphatic rings. The highest BCUT2D eigenvalue weighted by Gasteiger charge is 2.25. The summed E-state index contributed by atoms with van der Waals surface area (Å²) in [7, 11) is 0. The van der Waals surface area contributed by atoms with E-state index >= 15 is 0 Å². The molecule has 0 aliphatic carbocycles. The highest BCUT2D eigenvalue weighted by molar-refractivity contribution is 7.99. The molecule has 2 aliphatic heterocycles. The fourth-order valence-corrected chi connectivity index (χ4v) is 5.43. The number of rotatable bonds is 4. The second-order valence-corrected chi connectivity index (χ2v) is 8.80. The van der Waals surface area contributed by atoms with E-state index in [4.69, 9.17) is 11.6 Å². The standard InChI is InChI=1S/C18H18ClN3O2S2/c19-11-3-4-15-13(8-11)14(5-7-25-15)21-16(23)9-12-10-26-18(20-12)22-6-1-2-17(22)24/h3-4,8,10,14H,1-2,5-7,9H2,(H,21,23). The van der Waals surface area contributed by atoms with Crippen LogP contribution in [0.5, 0.6) is 0 Å². The Bertz CT molecular complexity index is 855. The zero-order valence-corrected chi connectivity index (χ0v) is 16.4. The smallest absolute Gasteiger partial charge is 0.228 e. The summed E-state index contributed by atoms with van der Waals surface area (Å²) in [4.78, 5) is 31.7. The van der Waals surface area contributed by atoms with Crippen molar-refractivity contribution in [1.82, 2.24) is 10.3 Å². The number of halogens is 1. The lowest BCUT2D eigenvalue weighted by molar-refractivity contribution is -0.121. The number of thioether (sulfide) groups is 1. The number of hydrogen-bond acceptors (Lipinski definition) is 5. The molecule has 4 rings (SSSR count). The van der Waals surface area contributed by atoms with Crippen molar-refractivity contribution in [3.05, 3.63) is 39.9 Å². The Labute approximate surface area is 165 Å². The predicted octanol–water partition coefficient (Wildman–Crippen LogP) is 3.82. The molecule has 2 amide bonds. The SMILES string of the molecule is O=C(Cc1csc(N2CCCC2=O)n1)NC1CCSc2ccc(Cl)cc21. The van der Waals surface area contributed by atoms with Crippen LogP contribution in [0.4, 0.5) is 5.13 Å². The lowest BCUT2D eigenvalue weighted by Gasteiger charge is -2.26. The number of amides is 2. The first-order chi connectivity index (χ1) is 12.6. The van der Waals surface area contributed by atoms with Gasteiger partial charge in [0.2, 0.25) is 11.8 Å². The number of benzene rings is 1. The average Bonchev–Trinajstić information content (AvgIpc) is 3.24. The van der Waals surface area contributed by atoms with Gasteiger partial charge in [-0.2, -0.15) is 0 Å². The summed E-state index contributed by atoms with van der Waals surface area (Å²) in [6.45, 7) is 0.718. The van der Waals surface area contributed by atoms with E-state index in [1.165, 1.54) is 16.2 Å². The minimum Gasteiger partial charge on any atom is -0.349 e. The molecule has 136 valence electrons. The molecule has 1 atom stereocenters. The molecule has 1 N–H and O–H groups in total. The van der Waals surface area contributed by atoms with Gasteiger partial charge in [-0.15, -0.1) is 23.1 Å². The summed E-state index contributed by atoms with van der Waals surface area (Å²) in [5, 5.41) is 6.36. The third-order valence-electron chi connectivity index (χ3n) is 4.53. The largest absolute Gasteiger partial charge is 0.349 e. The predicted molar refractivity (Wildman–Crippen MR) is 105 cm³/mol. The maximum Gasteiger partial charge on any atom is 0.228 e. The minimum atomic E-state index is -0.0579. The molecule has 3 heterocycles. The third kappa shape index (κ3) is 3.75. The van der Waals surface area contributed by atoms with Gasteiger partial charge in [0, 0.05) is 34.0 Å². The van der Waals surface area contributed by atoms with E-state index in [-0.39, 0.29) is 24.3 Å². The Morgan fingerprint density at radius 1 is 1.42 bits per heavy atom. The van der Waals surface area contributed by atoms with Gasteiger partial charge in [-0.25, -0.2) is 4.98 Å². The quantitative estimate of drug-likeness (QED) is 0.836. The zero-order valence-electron chi connectivity index (χ0n) is 14.0. The molecule has 26 heavy (non-hydrogen) atoms. The van der Waals surface area contributed by atoms with Gasteiger partial charge < -0.3 is 5.32 Å². The highest BCUT2D eigenvalue weighted by atomic mass is 35.5. The minimum absolute atomic E-state index is 0.0179. The Hall–Kier alpha value is -1.57. The molecular formula is C18H18ClN3O2S2. The van der Waals surface area contributed by atoms with Crippen LogP contribution in [0.25, 0.3) is 0 Å². The second kappa shape index (κ2) is 7.58. The molecule has 1 unspecified atom stereocenters. The van der Waals surface area contributed by atoms with Gasteiger partial charge in [0.1, 0.15) is 0 Å². The topological polar surface area (TPSA) is 62.3 Å². The highest BCUT2D eigenvalue weighted by Crippen LogP contribution is 2.37. The van der Waals surface area contributed by atoms with Crippen molar-refractivity contribution in [2.75, 3.05) is 17.2 Å². The monoisotopic (exact) mass is 407 g/mol. The number of fused-ring (bicyclic) bond motifs is 1. The van der Waals surface area contributed by atoms with Crippen molar-refractivity contribution in [1.29, 1.82) is 0 Å². The first kappa shape index (κ1) is 17.8. The van der Waals surface area contributed by atoms with Crippen molar-refractivity contribution in [3.8, 4) is 0 Å². The van der Waals surface area contributed by atoms with Gasteiger partial charge in [-0.1, -0.05) is 11.6 Å². The second-order valence-electron chi connectivity index (χ2n) is 6.39. The fourth-order valence-electron chi connectivity index (χ4n) is 3.28. The van der Waals surface area contributed by atoms with E-state index in [9.17, 15) is 9.59 Å². The molecule has 5 nitrogen and oxygen atoms in total. The maximum atomic E-state index is 12.5. The number of thiazole rings is 1. The van der Waals surface area contributed by atoms with Crippen LogP contribution in [0.1, 0.15) is 36.6 Å². The Morgan fingerprint density at radius 2 is 2.31 bits per heavy atom. The Kier molecular flexibility index (Phi) is 5.20. The van der Waals surface area contributed by atoms with Crippen LogP contribution < -0.4 is 10.2 Å². The molecule has 0 spiro atoms. The molecule has 0 bridgehead atoms. The van der Waals surface area contributed by atoms with Gasteiger partial charge in [0.25, 0.3) is 0 Å². The summed E-state index contributed by atoms with van der Waals surface area (Å²) < 4.78 is 0. The number of carbonyl (C=O) groups is 2. The van der Waals surface area contributed by atoms with Crippen molar-refractivity contribution in [2.45, 2.75) is 36.6 Å². The van der Waals surface area contributed by atoms with E-state index in [1.54, 1.807) is 16.7 Å². The van der Waals surface area contributed by atoms with Crippen LogP contribution in [-0.2, 0) is 16.0 Å². The number of nitrogens with one attached hydrogen (secondary N) is 1. The number of nitrogens with zero attached hydrogens (tertiary/aromatic N) is 2. The van der Waals surface area contributed by atoms with E-state index < -0.39 is 0 Å². The molecule has 8 heteroatoms. The van der Waals surface area contributed by atoms with Crippen LogP contribution in [0.2, 0.25) is 5.02 Å². The first-order valence-corrected chi connectivity index (χ1v) is 10.8. The number of hydrogen-bond donors (Lipinski definition) is 1. The Balaban J connectivity index is 1.42. The van der Waals surface area contributed by atoms with Crippen LogP contribution in [0.15, 0.2) is 28.5 Å². The van der Waals surface area contributed by atoms with Crippen molar-refractivity contribution in [3.63, 3.8) is 0 Å². The summed E-state index contributed by atoms with van der Waals surface area (Å²) in [6, 6.07) is 5.82. The van der Waals surface area contributed by atoms with Crippen LogP contribution >= 0.6 is 34.7 Å². The van der Waals surface area contributed by atoms with Gasteiger partial charge in [-0.3, -0.25) is 14.5 Å². The first-order valence-electron chi connectivity index (χ1n) is 8.56. The van der Waals surface area contributed by atoms with Crippen LogP contribution in [0, 0.1) is 0 Å². The lowest BCUT2D eigenvalue weighted by Crippen LogP contribution is -2.32. The zero-order chi connectivity index (χ0) is 18.1. The van der Waals surface area contributed by atoms with Crippen LogP contribution in [-0.4, -0.2) is 29.1 Å². The third-order valence-corrected chi connectivity index (χ3v) is 6.80. The van der Waals surface area contributed by atoms with Crippen molar-refractivity contribution >= 4 is 51.6 Å².